The normalized spacial score (nSPS) is 10.4. The van der Waals surface area contributed by atoms with Crippen LogP contribution in [0, 0.1) is 17.0 Å². The van der Waals surface area contributed by atoms with Crippen LogP contribution in [0.4, 0.5) is 5.69 Å². The van der Waals surface area contributed by atoms with Crippen molar-refractivity contribution in [1.29, 1.82) is 0 Å². The highest BCUT2D eigenvalue weighted by molar-refractivity contribution is 7.99. The van der Waals surface area contributed by atoms with Gasteiger partial charge in [-0.05, 0) is 31.2 Å². The number of hydrogen-bond donors (Lipinski definition) is 0. The van der Waals surface area contributed by atoms with Crippen LogP contribution in [0.15, 0.2) is 79.7 Å². The summed E-state index contributed by atoms with van der Waals surface area (Å²) in [5.74, 6) is -0.240. The molecule has 0 amide bonds. The molecule has 0 bridgehead atoms. The van der Waals surface area contributed by atoms with Crippen molar-refractivity contribution < 1.29 is 18.9 Å². The highest BCUT2D eigenvalue weighted by Gasteiger charge is 2.18. The highest BCUT2D eigenvalue weighted by Crippen LogP contribution is 2.34. The predicted molar refractivity (Wildman–Crippen MR) is 98.3 cm³/mol. The third-order valence-corrected chi connectivity index (χ3v) is 4.56. The third-order valence-electron chi connectivity index (χ3n) is 3.48. The summed E-state index contributed by atoms with van der Waals surface area (Å²) in [4.78, 5) is 35.5. The second-order valence-electron chi connectivity index (χ2n) is 5.45. The van der Waals surface area contributed by atoms with Crippen molar-refractivity contribution in [3.8, 4) is 5.75 Å². The molecule has 0 atom stereocenters. The number of aryl methyl sites for hydroxylation is 1. The Kier molecular flexibility index (Phi) is 5.37. The Balaban J connectivity index is 1.92. The summed E-state index contributed by atoms with van der Waals surface area (Å²) in [5.41, 5.74) is -0.380. The largest absolute Gasteiger partial charge is 0.427 e. The number of hydrogen-bond acceptors (Lipinski definition) is 7. The SMILES string of the molecule is Cc1cc(OC(=O)c2ccccc2)c(Sc2ccc([N+](=O)[O-])cc2)c(=O)o1. The molecule has 27 heavy (non-hydrogen) atoms. The molecule has 136 valence electrons. The summed E-state index contributed by atoms with van der Waals surface area (Å²) in [6, 6.07) is 15.5. The molecule has 0 saturated carbocycles. The van der Waals surface area contributed by atoms with Crippen LogP contribution in [0.3, 0.4) is 0 Å². The van der Waals surface area contributed by atoms with Crippen LogP contribution in [0.5, 0.6) is 5.75 Å². The highest BCUT2D eigenvalue weighted by atomic mass is 32.2. The van der Waals surface area contributed by atoms with Gasteiger partial charge in [0.15, 0.2) is 5.75 Å². The third kappa shape index (κ3) is 4.42. The Labute approximate surface area is 157 Å². The maximum absolute atomic E-state index is 12.3. The first-order valence-corrected chi connectivity index (χ1v) is 8.60. The average molecular weight is 383 g/mol. The van der Waals surface area contributed by atoms with E-state index < -0.39 is 16.5 Å². The van der Waals surface area contributed by atoms with E-state index in [2.05, 4.69) is 0 Å². The molecule has 3 rings (SSSR count). The number of nitrogens with zero attached hydrogens (tertiary/aromatic N) is 1. The number of ether oxygens (including phenoxy) is 1. The van der Waals surface area contributed by atoms with E-state index in [1.807, 2.05) is 0 Å². The molecule has 0 aliphatic rings. The molecule has 8 heteroatoms. The lowest BCUT2D eigenvalue weighted by Crippen LogP contribution is -2.13. The molecule has 0 saturated heterocycles. The zero-order chi connectivity index (χ0) is 19.4. The van der Waals surface area contributed by atoms with E-state index in [0.29, 0.717) is 16.2 Å². The molecule has 2 aromatic carbocycles. The van der Waals surface area contributed by atoms with Crippen molar-refractivity contribution in [2.75, 3.05) is 0 Å². The Morgan fingerprint density at radius 2 is 1.78 bits per heavy atom. The quantitative estimate of drug-likeness (QED) is 0.369. The van der Waals surface area contributed by atoms with E-state index in [0.717, 1.165) is 11.8 Å². The molecule has 0 unspecified atom stereocenters. The number of non-ortho nitro benzene ring substituents is 1. The standard InChI is InChI=1S/C19H13NO6S/c1-12-11-16(26-18(21)13-5-3-2-4-6-13)17(19(22)25-12)27-15-9-7-14(8-10-15)20(23)24/h2-11H,1H3. The maximum Gasteiger partial charge on any atom is 0.353 e. The first kappa shape index (κ1) is 18.4. The Bertz CT molecular complexity index is 1040. The molecule has 7 nitrogen and oxygen atoms in total. The zero-order valence-corrected chi connectivity index (χ0v) is 14.9. The summed E-state index contributed by atoms with van der Waals surface area (Å²) in [6.07, 6.45) is 0. The smallest absolute Gasteiger partial charge is 0.353 e. The maximum atomic E-state index is 12.3. The number of benzene rings is 2. The summed E-state index contributed by atoms with van der Waals surface area (Å²) in [6.45, 7) is 1.57. The van der Waals surface area contributed by atoms with Gasteiger partial charge in [0.1, 0.15) is 10.7 Å². The van der Waals surface area contributed by atoms with Gasteiger partial charge in [-0.1, -0.05) is 30.0 Å². The number of carbonyl (C=O) groups is 1. The van der Waals surface area contributed by atoms with Gasteiger partial charge in [-0.15, -0.1) is 0 Å². The topological polar surface area (TPSA) is 99.6 Å². The van der Waals surface area contributed by atoms with Gasteiger partial charge >= 0.3 is 11.6 Å². The molecule has 1 heterocycles. The molecule has 0 radical (unpaired) electrons. The van der Waals surface area contributed by atoms with Crippen LogP contribution in [0.2, 0.25) is 0 Å². The van der Waals surface area contributed by atoms with Crippen molar-refractivity contribution >= 4 is 23.4 Å². The molecular formula is C19H13NO6S. The van der Waals surface area contributed by atoms with Gasteiger partial charge in [-0.2, -0.15) is 0 Å². The summed E-state index contributed by atoms with van der Waals surface area (Å²) >= 11 is 1.00. The molecule has 0 aliphatic heterocycles. The summed E-state index contributed by atoms with van der Waals surface area (Å²) in [5, 5.41) is 10.7. The van der Waals surface area contributed by atoms with Crippen LogP contribution in [-0.4, -0.2) is 10.9 Å². The minimum atomic E-state index is -0.658. The fourth-order valence-corrected chi connectivity index (χ4v) is 3.06. The van der Waals surface area contributed by atoms with Crippen LogP contribution in [0.1, 0.15) is 16.1 Å². The van der Waals surface area contributed by atoms with Gasteiger partial charge in [0.25, 0.3) is 5.69 Å². The van der Waals surface area contributed by atoms with E-state index in [-0.39, 0.29) is 16.3 Å². The van der Waals surface area contributed by atoms with Crippen molar-refractivity contribution in [3.63, 3.8) is 0 Å². The Morgan fingerprint density at radius 1 is 1.11 bits per heavy atom. The molecule has 3 aromatic rings. The van der Waals surface area contributed by atoms with Crippen LogP contribution >= 0.6 is 11.8 Å². The van der Waals surface area contributed by atoms with Gasteiger partial charge in [0.05, 0.1) is 10.5 Å². The summed E-state index contributed by atoms with van der Waals surface area (Å²) < 4.78 is 10.5. The lowest BCUT2D eigenvalue weighted by Gasteiger charge is -2.09. The van der Waals surface area contributed by atoms with Gasteiger partial charge in [0, 0.05) is 23.1 Å². The van der Waals surface area contributed by atoms with Gasteiger partial charge in [-0.25, -0.2) is 9.59 Å². The predicted octanol–water partition coefficient (Wildman–Crippen LogP) is 4.23. The lowest BCUT2D eigenvalue weighted by molar-refractivity contribution is -0.384. The second-order valence-corrected chi connectivity index (χ2v) is 6.53. The number of carbonyl (C=O) groups excluding carboxylic acids is 1. The zero-order valence-electron chi connectivity index (χ0n) is 14.1. The lowest BCUT2D eigenvalue weighted by atomic mass is 10.2. The van der Waals surface area contributed by atoms with E-state index in [9.17, 15) is 19.7 Å². The molecule has 0 aliphatic carbocycles. The second kappa shape index (κ2) is 7.88. The van der Waals surface area contributed by atoms with E-state index >= 15 is 0 Å². The van der Waals surface area contributed by atoms with Crippen LogP contribution in [0.25, 0.3) is 0 Å². The van der Waals surface area contributed by atoms with Gasteiger partial charge in [0.2, 0.25) is 0 Å². The number of nitro benzene ring substituents is 1. The average Bonchev–Trinajstić information content (AvgIpc) is 2.65. The number of rotatable bonds is 5. The number of nitro groups is 1. The van der Waals surface area contributed by atoms with Gasteiger partial charge in [-0.3, -0.25) is 10.1 Å². The van der Waals surface area contributed by atoms with Crippen molar-refractivity contribution in [3.05, 3.63) is 92.5 Å². The van der Waals surface area contributed by atoms with Crippen LogP contribution < -0.4 is 10.4 Å². The number of esters is 1. The van der Waals surface area contributed by atoms with E-state index in [1.54, 1.807) is 37.3 Å². The minimum absolute atomic E-state index is 0.0639. The monoisotopic (exact) mass is 383 g/mol. The fraction of sp³-hybridized carbons (Fsp3) is 0.0526. The minimum Gasteiger partial charge on any atom is -0.427 e. The molecule has 0 spiro atoms. The summed E-state index contributed by atoms with van der Waals surface area (Å²) in [7, 11) is 0. The first-order chi connectivity index (χ1) is 12.9. The first-order valence-electron chi connectivity index (χ1n) is 7.78. The molecule has 0 N–H and O–H groups in total. The van der Waals surface area contributed by atoms with E-state index in [1.165, 1.54) is 30.3 Å². The Hall–Kier alpha value is -3.39. The fourth-order valence-electron chi connectivity index (χ4n) is 2.23. The molecule has 1 aromatic heterocycles. The van der Waals surface area contributed by atoms with Crippen molar-refractivity contribution in [2.45, 2.75) is 16.7 Å². The molecular weight excluding hydrogens is 370 g/mol. The molecule has 0 fully saturated rings. The Morgan fingerprint density at radius 3 is 2.41 bits per heavy atom. The van der Waals surface area contributed by atoms with E-state index in [4.69, 9.17) is 9.15 Å². The van der Waals surface area contributed by atoms with Crippen molar-refractivity contribution in [1.82, 2.24) is 0 Å². The van der Waals surface area contributed by atoms with Gasteiger partial charge < -0.3 is 9.15 Å². The van der Waals surface area contributed by atoms with Crippen molar-refractivity contribution in [2.24, 2.45) is 0 Å². The van der Waals surface area contributed by atoms with Crippen LogP contribution in [-0.2, 0) is 0 Å².